The van der Waals surface area contributed by atoms with Crippen LogP contribution in [0.3, 0.4) is 0 Å². The van der Waals surface area contributed by atoms with Gasteiger partial charge in [-0.15, -0.1) is 0 Å². The molecule has 4 aromatic carbocycles. The summed E-state index contributed by atoms with van der Waals surface area (Å²) in [6.07, 6.45) is 0. The lowest BCUT2D eigenvalue weighted by atomic mass is 9.99. The Kier molecular flexibility index (Phi) is 6.12. The number of nitrogens with one attached hydrogen (secondary N) is 2. The van der Waals surface area contributed by atoms with Crippen LogP contribution in [-0.4, -0.2) is 5.91 Å². The molecule has 0 bridgehead atoms. The van der Waals surface area contributed by atoms with Crippen molar-refractivity contribution in [3.8, 4) is 0 Å². The Hall–Kier alpha value is -3.14. The van der Waals surface area contributed by atoms with E-state index in [0.717, 1.165) is 11.3 Å². The first-order chi connectivity index (χ1) is 14.6. The third-order valence-electron chi connectivity index (χ3n) is 5.21. The van der Waals surface area contributed by atoms with Gasteiger partial charge < -0.3 is 10.6 Å². The minimum atomic E-state index is -0.213. The Morgan fingerprint density at radius 2 is 1.63 bits per heavy atom. The van der Waals surface area contributed by atoms with Gasteiger partial charge in [-0.2, -0.15) is 0 Å². The first-order valence-corrected chi connectivity index (χ1v) is 10.4. The molecule has 0 heterocycles. The van der Waals surface area contributed by atoms with Crippen molar-refractivity contribution in [2.45, 2.75) is 19.5 Å². The number of carbonyl (C=O) groups is 1. The van der Waals surface area contributed by atoms with Crippen LogP contribution in [0.4, 0.5) is 5.69 Å². The monoisotopic (exact) mass is 414 g/mol. The van der Waals surface area contributed by atoms with Crippen molar-refractivity contribution >= 4 is 34.0 Å². The summed E-state index contributed by atoms with van der Waals surface area (Å²) in [5, 5.41) is 9.48. The number of amides is 1. The highest BCUT2D eigenvalue weighted by atomic mass is 35.5. The molecular weight excluding hydrogens is 392 g/mol. The Labute approximate surface area is 181 Å². The van der Waals surface area contributed by atoms with Gasteiger partial charge in [0.2, 0.25) is 0 Å². The van der Waals surface area contributed by atoms with Crippen LogP contribution in [-0.2, 0) is 6.54 Å². The van der Waals surface area contributed by atoms with Gasteiger partial charge >= 0.3 is 0 Å². The van der Waals surface area contributed by atoms with Crippen LogP contribution >= 0.6 is 11.6 Å². The van der Waals surface area contributed by atoms with E-state index in [9.17, 15) is 4.79 Å². The second kappa shape index (κ2) is 9.12. The van der Waals surface area contributed by atoms with Crippen LogP contribution in [0, 0.1) is 0 Å². The lowest BCUT2D eigenvalue weighted by molar-refractivity contribution is 0.102. The third-order valence-corrected chi connectivity index (χ3v) is 5.54. The molecule has 4 rings (SSSR count). The lowest BCUT2D eigenvalue weighted by Crippen LogP contribution is -2.18. The van der Waals surface area contributed by atoms with Crippen LogP contribution in [0.1, 0.15) is 34.5 Å². The van der Waals surface area contributed by atoms with E-state index < -0.39 is 0 Å². The van der Waals surface area contributed by atoms with Crippen molar-refractivity contribution in [3.63, 3.8) is 0 Å². The Morgan fingerprint density at radius 1 is 0.900 bits per heavy atom. The number of anilines is 1. The van der Waals surface area contributed by atoms with Crippen LogP contribution in [0.2, 0.25) is 5.02 Å². The molecule has 1 amide bonds. The molecule has 0 spiro atoms. The van der Waals surface area contributed by atoms with Gasteiger partial charge in [-0.1, -0.05) is 78.3 Å². The summed E-state index contributed by atoms with van der Waals surface area (Å²) in [6.45, 7) is 2.87. The van der Waals surface area contributed by atoms with E-state index >= 15 is 0 Å². The van der Waals surface area contributed by atoms with E-state index in [1.807, 2.05) is 30.3 Å². The SMILES string of the molecule is CC(NCc1cccc(NC(=O)c2ccccc2Cl)c1)c1cccc2ccccc12. The van der Waals surface area contributed by atoms with Crippen LogP contribution in [0.25, 0.3) is 10.8 Å². The van der Waals surface area contributed by atoms with Gasteiger partial charge in [-0.3, -0.25) is 4.79 Å². The van der Waals surface area contributed by atoms with E-state index in [1.165, 1.54) is 16.3 Å². The van der Waals surface area contributed by atoms with E-state index in [2.05, 4.69) is 60.0 Å². The molecule has 3 nitrogen and oxygen atoms in total. The van der Waals surface area contributed by atoms with Crippen LogP contribution in [0.5, 0.6) is 0 Å². The number of rotatable bonds is 6. The largest absolute Gasteiger partial charge is 0.322 e. The fourth-order valence-corrected chi connectivity index (χ4v) is 3.83. The molecule has 2 N–H and O–H groups in total. The highest BCUT2D eigenvalue weighted by Gasteiger charge is 2.11. The maximum absolute atomic E-state index is 12.5. The minimum absolute atomic E-state index is 0.192. The molecule has 0 fully saturated rings. The quantitative estimate of drug-likeness (QED) is 0.373. The molecule has 30 heavy (non-hydrogen) atoms. The fourth-order valence-electron chi connectivity index (χ4n) is 3.61. The average Bonchev–Trinajstić information content (AvgIpc) is 2.77. The maximum Gasteiger partial charge on any atom is 0.257 e. The summed E-state index contributed by atoms with van der Waals surface area (Å²) in [7, 11) is 0. The van der Waals surface area contributed by atoms with Gasteiger partial charge in [0.25, 0.3) is 5.91 Å². The maximum atomic E-state index is 12.5. The molecule has 4 aromatic rings. The summed E-state index contributed by atoms with van der Waals surface area (Å²) < 4.78 is 0. The predicted octanol–water partition coefficient (Wildman–Crippen LogP) is 6.60. The zero-order valence-electron chi connectivity index (χ0n) is 16.7. The van der Waals surface area contributed by atoms with Gasteiger partial charge in [0, 0.05) is 18.3 Å². The van der Waals surface area contributed by atoms with Gasteiger partial charge in [-0.05, 0) is 53.1 Å². The summed E-state index contributed by atoms with van der Waals surface area (Å²) in [5.74, 6) is -0.213. The topological polar surface area (TPSA) is 41.1 Å². The Balaban J connectivity index is 1.44. The smallest absolute Gasteiger partial charge is 0.257 e. The van der Waals surface area contributed by atoms with Crippen molar-refractivity contribution in [1.29, 1.82) is 0 Å². The van der Waals surface area contributed by atoms with Crippen molar-refractivity contribution in [2.24, 2.45) is 0 Å². The van der Waals surface area contributed by atoms with Gasteiger partial charge in [0.15, 0.2) is 0 Å². The number of hydrogen-bond donors (Lipinski definition) is 2. The normalized spacial score (nSPS) is 11.9. The number of carbonyl (C=O) groups excluding carboxylic acids is 1. The molecule has 0 saturated heterocycles. The molecule has 150 valence electrons. The third kappa shape index (κ3) is 4.54. The Bertz CT molecular complexity index is 1180. The van der Waals surface area contributed by atoms with E-state index in [4.69, 9.17) is 11.6 Å². The summed E-state index contributed by atoms with van der Waals surface area (Å²) >= 11 is 6.13. The molecule has 1 atom stereocenters. The molecular formula is C26H23ClN2O. The lowest BCUT2D eigenvalue weighted by Gasteiger charge is -2.17. The number of hydrogen-bond acceptors (Lipinski definition) is 2. The first kappa shape index (κ1) is 20.1. The minimum Gasteiger partial charge on any atom is -0.322 e. The molecule has 0 aliphatic carbocycles. The van der Waals surface area contributed by atoms with Crippen molar-refractivity contribution in [2.75, 3.05) is 5.32 Å². The summed E-state index contributed by atoms with van der Waals surface area (Å²) in [6, 6.07) is 29.9. The van der Waals surface area contributed by atoms with E-state index in [0.29, 0.717) is 17.1 Å². The van der Waals surface area contributed by atoms with Crippen LogP contribution < -0.4 is 10.6 Å². The average molecular weight is 415 g/mol. The molecule has 0 saturated carbocycles. The van der Waals surface area contributed by atoms with Crippen molar-refractivity contribution < 1.29 is 4.79 Å². The molecule has 0 radical (unpaired) electrons. The zero-order valence-corrected chi connectivity index (χ0v) is 17.5. The fraction of sp³-hybridized carbons (Fsp3) is 0.115. The van der Waals surface area contributed by atoms with Crippen molar-refractivity contribution in [1.82, 2.24) is 5.32 Å². The van der Waals surface area contributed by atoms with Gasteiger partial charge in [0.1, 0.15) is 0 Å². The van der Waals surface area contributed by atoms with Gasteiger partial charge in [-0.25, -0.2) is 0 Å². The standard InChI is InChI=1S/C26H23ClN2O/c1-18(22-14-7-10-20-9-2-3-12-23(20)22)28-17-19-8-6-11-21(16-19)29-26(30)24-13-4-5-15-25(24)27/h2-16,18,28H,17H2,1H3,(H,29,30). The second-order valence-electron chi connectivity index (χ2n) is 7.31. The summed E-state index contributed by atoms with van der Waals surface area (Å²) in [5.41, 5.74) is 3.58. The first-order valence-electron chi connectivity index (χ1n) is 9.97. The van der Waals surface area contributed by atoms with E-state index in [1.54, 1.807) is 18.2 Å². The number of benzene rings is 4. The second-order valence-corrected chi connectivity index (χ2v) is 7.71. The van der Waals surface area contributed by atoms with Crippen molar-refractivity contribution in [3.05, 3.63) is 113 Å². The molecule has 0 aliphatic heterocycles. The molecule has 0 aliphatic rings. The molecule has 4 heteroatoms. The Morgan fingerprint density at radius 3 is 2.50 bits per heavy atom. The summed E-state index contributed by atoms with van der Waals surface area (Å²) in [4.78, 5) is 12.5. The number of fused-ring (bicyclic) bond motifs is 1. The highest BCUT2D eigenvalue weighted by Crippen LogP contribution is 2.24. The molecule has 0 aromatic heterocycles. The predicted molar refractivity (Wildman–Crippen MR) is 125 cm³/mol. The number of halogens is 1. The zero-order chi connectivity index (χ0) is 20.9. The van der Waals surface area contributed by atoms with Gasteiger partial charge in [0.05, 0.1) is 10.6 Å². The van der Waals surface area contributed by atoms with Crippen LogP contribution in [0.15, 0.2) is 91.0 Å². The molecule has 1 unspecified atom stereocenters. The van der Waals surface area contributed by atoms with E-state index in [-0.39, 0.29) is 11.9 Å². The highest BCUT2D eigenvalue weighted by molar-refractivity contribution is 6.34.